The Morgan fingerprint density at radius 2 is 2.22 bits per heavy atom. The molecule has 2 heterocycles. The fraction of sp³-hybridized carbons (Fsp3) is 0.692. The van der Waals surface area contributed by atoms with E-state index in [1.807, 2.05) is 18.7 Å². The summed E-state index contributed by atoms with van der Waals surface area (Å²) < 4.78 is 0. The van der Waals surface area contributed by atoms with Crippen molar-refractivity contribution in [2.24, 2.45) is 0 Å². The molecule has 5 heteroatoms. The number of aryl methyl sites for hydroxylation is 1. The van der Waals surface area contributed by atoms with E-state index in [4.69, 9.17) is 0 Å². The van der Waals surface area contributed by atoms with E-state index in [0.717, 1.165) is 43.5 Å². The van der Waals surface area contributed by atoms with Crippen molar-refractivity contribution >= 4 is 23.5 Å². The van der Waals surface area contributed by atoms with Crippen LogP contribution in [-0.4, -0.2) is 41.1 Å². The van der Waals surface area contributed by atoms with Crippen LogP contribution in [0.25, 0.3) is 0 Å². The van der Waals surface area contributed by atoms with E-state index < -0.39 is 0 Å². The van der Waals surface area contributed by atoms with Crippen molar-refractivity contribution in [2.75, 3.05) is 41.4 Å². The number of anilines is 2. The summed E-state index contributed by atoms with van der Waals surface area (Å²) >= 11 is 2.04. The van der Waals surface area contributed by atoms with Gasteiger partial charge in [0.2, 0.25) is 5.95 Å². The summed E-state index contributed by atoms with van der Waals surface area (Å²) in [6, 6.07) is 2.09. The Morgan fingerprint density at radius 1 is 1.33 bits per heavy atom. The SMILES string of the molecule is CCCNc1nc(C)cc(N2CCCSCC2)n1. The lowest BCUT2D eigenvalue weighted by molar-refractivity contribution is 0.796. The second kappa shape index (κ2) is 6.83. The molecule has 1 aromatic rings. The molecule has 1 N–H and O–H groups in total. The van der Waals surface area contributed by atoms with E-state index in [0.29, 0.717) is 0 Å². The van der Waals surface area contributed by atoms with E-state index in [-0.39, 0.29) is 0 Å². The highest BCUT2D eigenvalue weighted by atomic mass is 32.2. The van der Waals surface area contributed by atoms with Gasteiger partial charge in [0, 0.05) is 37.1 Å². The molecule has 0 spiro atoms. The van der Waals surface area contributed by atoms with Crippen LogP contribution in [-0.2, 0) is 0 Å². The predicted octanol–water partition coefficient (Wildman–Crippen LogP) is 2.55. The number of aromatic nitrogens is 2. The molecule has 0 bridgehead atoms. The third kappa shape index (κ3) is 3.77. The number of nitrogens with zero attached hydrogens (tertiary/aromatic N) is 3. The zero-order chi connectivity index (χ0) is 12.8. The molecule has 100 valence electrons. The van der Waals surface area contributed by atoms with Gasteiger partial charge in [-0.05, 0) is 25.5 Å². The molecule has 0 aromatic carbocycles. The molecule has 18 heavy (non-hydrogen) atoms. The molecular formula is C13H22N4S. The standard InChI is InChI=1S/C13H22N4S/c1-3-5-14-13-15-11(2)10-12(16-13)17-6-4-8-18-9-7-17/h10H,3-9H2,1-2H3,(H,14,15,16). The van der Waals surface area contributed by atoms with Gasteiger partial charge in [0.15, 0.2) is 0 Å². The van der Waals surface area contributed by atoms with Gasteiger partial charge in [-0.3, -0.25) is 0 Å². The summed E-state index contributed by atoms with van der Waals surface area (Å²) in [4.78, 5) is 11.4. The third-order valence-corrected chi connectivity index (χ3v) is 3.97. The van der Waals surface area contributed by atoms with E-state index in [2.05, 4.69) is 33.2 Å². The zero-order valence-corrected chi connectivity index (χ0v) is 12.1. The Bertz CT molecular complexity index is 375. The van der Waals surface area contributed by atoms with E-state index >= 15 is 0 Å². The topological polar surface area (TPSA) is 41.1 Å². The second-order valence-electron chi connectivity index (χ2n) is 4.57. The average molecular weight is 266 g/mol. The van der Waals surface area contributed by atoms with Crippen molar-refractivity contribution in [3.8, 4) is 0 Å². The Morgan fingerprint density at radius 3 is 3.06 bits per heavy atom. The van der Waals surface area contributed by atoms with Gasteiger partial charge in [-0.1, -0.05) is 6.92 Å². The molecule has 0 atom stereocenters. The molecule has 1 aromatic heterocycles. The van der Waals surface area contributed by atoms with Crippen molar-refractivity contribution in [1.82, 2.24) is 9.97 Å². The Hall–Kier alpha value is -0.970. The quantitative estimate of drug-likeness (QED) is 0.907. The van der Waals surface area contributed by atoms with Crippen LogP contribution in [0, 0.1) is 6.92 Å². The van der Waals surface area contributed by atoms with Crippen LogP contribution < -0.4 is 10.2 Å². The van der Waals surface area contributed by atoms with Crippen LogP contribution in [0.2, 0.25) is 0 Å². The van der Waals surface area contributed by atoms with Gasteiger partial charge in [-0.25, -0.2) is 4.98 Å². The first-order valence-corrected chi connectivity index (χ1v) is 7.87. The summed E-state index contributed by atoms with van der Waals surface area (Å²) in [5.74, 6) is 4.30. The predicted molar refractivity (Wildman–Crippen MR) is 79.7 cm³/mol. The summed E-state index contributed by atoms with van der Waals surface area (Å²) in [5.41, 5.74) is 1.04. The van der Waals surface area contributed by atoms with Crippen LogP contribution in [0.1, 0.15) is 25.5 Å². The van der Waals surface area contributed by atoms with Crippen LogP contribution in [0.4, 0.5) is 11.8 Å². The number of nitrogens with one attached hydrogen (secondary N) is 1. The van der Waals surface area contributed by atoms with Crippen molar-refractivity contribution < 1.29 is 0 Å². The molecule has 0 aliphatic carbocycles. The molecule has 1 aliphatic rings. The fourth-order valence-corrected chi connectivity index (χ4v) is 2.89. The van der Waals surface area contributed by atoms with Gasteiger partial charge in [0.05, 0.1) is 0 Å². The number of hydrogen-bond donors (Lipinski definition) is 1. The lowest BCUT2D eigenvalue weighted by Crippen LogP contribution is -2.27. The maximum absolute atomic E-state index is 4.63. The Balaban J connectivity index is 2.12. The van der Waals surface area contributed by atoms with Crippen molar-refractivity contribution in [3.05, 3.63) is 11.8 Å². The first kappa shape index (κ1) is 13.5. The first-order chi connectivity index (χ1) is 8.79. The van der Waals surface area contributed by atoms with Gasteiger partial charge in [-0.2, -0.15) is 16.7 Å². The van der Waals surface area contributed by atoms with Gasteiger partial charge >= 0.3 is 0 Å². The minimum absolute atomic E-state index is 0.767. The van der Waals surface area contributed by atoms with Crippen molar-refractivity contribution in [1.29, 1.82) is 0 Å². The monoisotopic (exact) mass is 266 g/mol. The molecule has 1 aliphatic heterocycles. The molecule has 2 rings (SSSR count). The Kier molecular flexibility index (Phi) is 5.11. The molecule has 0 amide bonds. The van der Waals surface area contributed by atoms with E-state index in [1.54, 1.807) is 0 Å². The highest BCUT2D eigenvalue weighted by Gasteiger charge is 2.12. The average Bonchev–Trinajstić information content (AvgIpc) is 2.64. The molecule has 0 saturated carbocycles. The molecular weight excluding hydrogens is 244 g/mol. The summed E-state index contributed by atoms with van der Waals surface area (Å²) in [6.45, 7) is 7.31. The smallest absolute Gasteiger partial charge is 0.224 e. The van der Waals surface area contributed by atoms with Crippen LogP contribution in [0.3, 0.4) is 0 Å². The lowest BCUT2D eigenvalue weighted by Gasteiger charge is -2.21. The molecule has 1 fully saturated rings. The maximum atomic E-state index is 4.63. The highest BCUT2D eigenvalue weighted by molar-refractivity contribution is 7.99. The van der Waals surface area contributed by atoms with E-state index in [1.165, 1.54) is 17.9 Å². The van der Waals surface area contributed by atoms with Gasteiger partial charge < -0.3 is 10.2 Å². The first-order valence-electron chi connectivity index (χ1n) is 6.72. The number of thioether (sulfide) groups is 1. The molecule has 4 nitrogen and oxygen atoms in total. The lowest BCUT2D eigenvalue weighted by atomic mass is 10.3. The van der Waals surface area contributed by atoms with E-state index in [9.17, 15) is 0 Å². The van der Waals surface area contributed by atoms with Crippen LogP contribution in [0.15, 0.2) is 6.07 Å². The van der Waals surface area contributed by atoms with Crippen molar-refractivity contribution in [3.63, 3.8) is 0 Å². The summed E-state index contributed by atoms with van der Waals surface area (Å²) in [6.07, 6.45) is 2.33. The molecule has 0 radical (unpaired) electrons. The minimum Gasteiger partial charge on any atom is -0.356 e. The molecule has 1 saturated heterocycles. The third-order valence-electron chi connectivity index (χ3n) is 2.92. The van der Waals surface area contributed by atoms with Gasteiger partial charge in [0.25, 0.3) is 0 Å². The molecule has 0 unspecified atom stereocenters. The van der Waals surface area contributed by atoms with Gasteiger partial charge in [-0.15, -0.1) is 0 Å². The highest BCUT2D eigenvalue weighted by Crippen LogP contribution is 2.19. The second-order valence-corrected chi connectivity index (χ2v) is 5.80. The zero-order valence-electron chi connectivity index (χ0n) is 11.3. The summed E-state index contributed by atoms with van der Waals surface area (Å²) in [5, 5.41) is 3.28. The van der Waals surface area contributed by atoms with Gasteiger partial charge in [0.1, 0.15) is 5.82 Å². The normalized spacial score (nSPS) is 16.4. The number of rotatable bonds is 4. The number of hydrogen-bond acceptors (Lipinski definition) is 5. The summed E-state index contributed by atoms with van der Waals surface area (Å²) in [7, 11) is 0. The minimum atomic E-state index is 0.767. The van der Waals surface area contributed by atoms with Crippen LogP contribution in [0.5, 0.6) is 0 Å². The maximum Gasteiger partial charge on any atom is 0.224 e. The Labute approximate surface area is 114 Å². The van der Waals surface area contributed by atoms with Crippen molar-refractivity contribution in [2.45, 2.75) is 26.7 Å². The largest absolute Gasteiger partial charge is 0.356 e. The van der Waals surface area contributed by atoms with Crippen LogP contribution >= 0.6 is 11.8 Å². The fourth-order valence-electron chi connectivity index (χ4n) is 2.00.